The lowest BCUT2D eigenvalue weighted by molar-refractivity contribution is 0.0599. The van der Waals surface area contributed by atoms with E-state index in [1.165, 1.54) is 14.2 Å². The van der Waals surface area contributed by atoms with E-state index in [0.717, 1.165) is 12.8 Å². The predicted octanol–water partition coefficient (Wildman–Crippen LogP) is 1.92. The van der Waals surface area contributed by atoms with Gasteiger partial charge in [0, 0.05) is 0 Å². The molecular weight excluding hydrogens is 390 g/mol. The van der Waals surface area contributed by atoms with E-state index in [9.17, 15) is 9.90 Å². The molecule has 2 heterocycles. The van der Waals surface area contributed by atoms with Crippen molar-refractivity contribution in [3.63, 3.8) is 0 Å². The average molecular weight is 415 g/mol. The number of aliphatic hydroxyl groups is 1. The first kappa shape index (κ1) is 21.3. The Balaban J connectivity index is 2.08. The molecule has 0 amide bonds. The van der Waals surface area contributed by atoms with E-state index in [2.05, 4.69) is 21.9 Å². The molecule has 3 N–H and O–H groups in total. The van der Waals surface area contributed by atoms with E-state index in [-0.39, 0.29) is 31.0 Å². The van der Waals surface area contributed by atoms with Crippen LogP contribution in [0.2, 0.25) is 0 Å². The van der Waals surface area contributed by atoms with Crippen molar-refractivity contribution in [3.05, 3.63) is 34.9 Å². The molecule has 0 aliphatic heterocycles. The van der Waals surface area contributed by atoms with Crippen molar-refractivity contribution < 1.29 is 24.1 Å². The number of ether oxygens (including phenoxy) is 3. The second kappa shape index (κ2) is 9.40. The minimum absolute atomic E-state index is 0.154. The van der Waals surface area contributed by atoms with E-state index >= 15 is 0 Å². The highest BCUT2D eigenvalue weighted by molar-refractivity contribution is 5.91. The molecule has 0 aliphatic rings. The summed E-state index contributed by atoms with van der Waals surface area (Å²) in [6.07, 6.45) is 1.84. The number of carbonyl (C=O) groups excluding carboxylic acids is 1. The van der Waals surface area contributed by atoms with Gasteiger partial charge in [0.15, 0.2) is 17.0 Å². The van der Waals surface area contributed by atoms with Crippen molar-refractivity contribution >= 4 is 23.0 Å². The fraction of sp³-hybridized carbons (Fsp3) is 0.400. The van der Waals surface area contributed by atoms with Crippen LogP contribution in [0.5, 0.6) is 12.0 Å². The number of methoxy groups -OCH3 is 2. The number of hydrogen-bond acceptors (Lipinski definition) is 9. The summed E-state index contributed by atoms with van der Waals surface area (Å²) in [5, 5.41) is 9.41. The lowest BCUT2D eigenvalue weighted by Gasteiger charge is -2.12. The molecule has 30 heavy (non-hydrogen) atoms. The van der Waals surface area contributed by atoms with Gasteiger partial charge in [-0.25, -0.2) is 4.79 Å². The van der Waals surface area contributed by atoms with Crippen LogP contribution >= 0.6 is 0 Å². The molecule has 10 heteroatoms. The number of aromatic nitrogens is 4. The molecule has 0 bridgehead atoms. The molecule has 0 unspecified atom stereocenters. The minimum atomic E-state index is -0.513. The maximum Gasteiger partial charge on any atom is 0.338 e. The zero-order valence-electron chi connectivity index (χ0n) is 17.2. The van der Waals surface area contributed by atoms with E-state index < -0.39 is 5.97 Å². The number of hydrogen-bond donors (Lipinski definition) is 2. The van der Waals surface area contributed by atoms with Crippen LogP contribution in [0.4, 0.5) is 5.82 Å². The normalized spacial score (nSPS) is 10.9. The number of carbonyl (C=O) groups is 1. The zero-order chi connectivity index (χ0) is 21.7. The second-order valence-corrected chi connectivity index (χ2v) is 6.59. The van der Waals surface area contributed by atoms with Gasteiger partial charge in [-0.15, -0.1) is 0 Å². The van der Waals surface area contributed by atoms with Crippen molar-refractivity contribution in [2.24, 2.45) is 0 Å². The van der Waals surface area contributed by atoms with Crippen LogP contribution in [0.3, 0.4) is 0 Å². The minimum Gasteiger partial charge on any atom is -0.468 e. The Hall–Kier alpha value is -3.40. The molecule has 0 spiro atoms. The molecule has 0 saturated carbocycles. The molecule has 0 saturated heterocycles. The number of aliphatic hydroxyl groups excluding tert-OH is 1. The number of anilines is 1. The lowest BCUT2D eigenvalue weighted by atomic mass is 10.0. The maximum absolute atomic E-state index is 12.3. The summed E-state index contributed by atoms with van der Waals surface area (Å²) >= 11 is 0. The summed E-state index contributed by atoms with van der Waals surface area (Å²) in [4.78, 5) is 25.3. The molecule has 1 aromatic carbocycles. The van der Waals surface area contributed by atoms with Crippen molar-refractivity contribution in [1.29, 1.82) is 0 Å². The van der Waals surface area contributed by atoms with Crippen molar-refractivity contribution in [1.82, 2.24) is 19.5 Å². The highest BCUT2D eigenvalue weighted by Crippen LogP contribution is 2.27. The average Bonchev–Trinajstić information content (AvgIpc) is 3.11. The quantitative estimate of drug-likeness (QED) is 0.397. The van der Waals surface area contributed by atoms with Gasteiger partial charge >= 0.3 is 12.0 Å². The first-order chi connectivity index (χ1) is 14.5. The zero-order valence-corrected chi connectivity index (χ0v) is 17.2. The van der Waals surface area contributed by atoms with Gasteiger partial charge in [-0.1, -0.05) is 25.5 Å². The summed E-state index contributed by atoms with van der Waals surface area (Å²) in [5.74, 6) is -0.339. The van der Waals surface area contributed by atoms with E-state index in [1.54, 1.807) is 22.8 Å². The maximum atomic E-state index is 12.3. The molecule has 10 nitrogen and oxygen atoms in total. The highest BCUT2D eigenvalue weighted by atomic mass is 16.5. The summed E-state index contributed by atoms with van der Waals surface area (Å²) in [6, 6.07) is 5.48. The molecular formula is C20H25N5O5. The van der Waals surface area contributed by atoms with Crippen molar-refractivity contribution in [3.8, 4) is 12.0 Å². The fourth-order valence-electron chi connectivity index (χ4n) is 2.98. The van der Waals surface area contributed by atoms with Gasteiger partial charge < -0.3 is 25.1 Å². The van der Waals surface area contributed by atoms with Gasteiger partial charge in [0.2, 0.25) is 0 Å². The van der Waals surface area contributed by atoms with Gasteiger partial charge in [-0.3, -0.25) is 4.57 Å². The number of nitrogens with zero attached hydrogens (tertiary/aromatic N) is 4. The van der Waals surface area contributed by atoms with Crippen LogP contribution in [0.25, 0.3) is 11.2 Å². The number of benzene rings is 1. The van der Waals surface area contributed by atoms with Crippen LogP contribution < -0.4 is 15.2 Å². The monoisotopic (exact) mass is 415 g/mol. The molecule has 0 atom stereocenters. The molecule has 160 valence electrons. The third-order valence-corrected chi connectivity index (χ3v) is 4.57. The van der Waals surface area contributed by atoms with Crippen LogP contribution in [-0.2, 0) is 17.9 Å². The topological polar surface area (TPSA) is 135 Å². The van der Waals surface area contributed by atoms with Gasteiger partial charge in [0.25, 0.3) is 6.01 Å². The Morgan fingerprint density at radius 3 is 2.70 bits per heavy atom. The van der Waals surface area contributed by atoms with Crippen LogP contribution in [0, 0.1) is 0 Å². The number of rotatable bonds is 9. The SMILES string of the molecule is CCCCOc1nc(N)c2nc(OC)n(Cc3ccc(CO)cc3C(=O)OC)c2n1. The third-order valence-electron chi connectivity index (χ3n) is 4.57. The summed E-state index contributed by atoms with van der Waals surface area (Å²) in [5.41, 5.74) is 8.43. The fourth-order valence-corrected chi connectivity index (χ4v) is 2.98. The highest BCUT2D eigenvalue weighted by Gasteiger charge is 2.21. The summed E-state index contributed by atoms with van der Waals surface area (Å²) in [7, 11) is 2.79. The molecule has 0 fully saturated rings. The van der Waals surface area contributed by atoms with Gasteiger partial charge in [0.05, 0.1) is 39.5 Å². The number of fused-ring (bicyclic) bond motifs is 1. The first-order valence-electron chi connectivity index (χ1n) is 9.53. The van der Waals surface area contributed by atoms with Crippen LogP contribution in [0.1, 0.15) is 41.3 Å². The Bertz CT molecular complexity index is 1050. The Kier molecular flexibility index (Phi) is 6.68. The number of nitrogen functional groups attached to an aromatic ring is 1. The Morgan fingerprint density at radius 1 is 1.23 bits per heavy atom. The van der Waals surface area contributed by atoms with E-state index in [1.807, 2.05) is 0 Å². The predicted molar refractivity (Wildman–Crippen MR) is 109 cm³/mol. The molecule has 3 rings (SSSR count). The number of imidazole rings is 1. The third kappa shape index (κ3) is 4.28. The van der Waals surface area contributed by atoms with Gasteiger partial charge in [-0.2, -0.15) is 15.0 Å². The van der Waals surface area contributed by atoms with Crippen molar-refractivity contribution in [2.75, 3.05) is 26.6 Å². The molecule has 0 aliphatic carbocycles. The smallest absolute Gasteiger partial charge is 0.338 e. The molecule has 3 aromatic rings. The van der Waals surface area contributed by atoms with Gasteiger partial charge in [0.1, 0.15) is 0 Å². The van der Waals surface area contributed by atoms with E-state index in [0.29, 0.717) is 34.5 Å². The molecule has 2 aromatic heterocycles. The largest absolute Gasteiger partial charge is 0.468 e. The van der Waals surface area contributed by atoms with Crippen LogP contribution in [0.15, 0.2) is 18.2 Å². The summed E-state index contributed by atoms with van der Waals surface area (Å²) < 4.78 is 17.6. The van der Waals surface area contributed by atoms with Gasteiger partial charge in [-0.05, 0) is 23.6 Å². The Labute approximate surface area is 173 Å². The van der Waals surface area contributed by atoms with E-state index in [4.69, 9.17) is 19.9 Å². The molecule has 0 radical (unpaired) electrons. The second-order valence-electron chi connectivity index (χ2n) is 6.59. The number of nitrogens with two attached hydrogens (primary N) is 1. The number of esters is 1. The van der Waals surface area contributed by atoms with Crippen molar-refractivity contribution in [2.45, 2.75) is 32.9 Å². The number of unbranched alkanes of at least 4 members (excludes halogenated alkanes) is 1. The lowest BCUT2D eigenvalue weighted by Crippen LogP contribution is -2.11. The first-order valence-corrected chi connectivity index (χ1v) is 9.53. The summed E-state index contributed by atoms with van der Waals surface area (Å²) in [6.45, 7) is 2.55. The standard InChI is InChI=1S/C20H25N5O5/c1-4-5-8-30-19-23-16(21)15-17(24-19)25(20(22-15)29-3)10-13-7-6-12(11-26)9-14(13)18(27)28-2/h6-7,9,26H,4-5,8,10-11H2,1-3H3,(H2,21,23,24). The van der Waals surface area contributed by atoms with Crippen LogP contribution in [-0.4, -0.2) is 51.4 Å². The Morgan fingerprint density at radius 2 is 2.03 bits per heavy atom.